The van der Waals surface area contributed by atoms with Gasteiger partial charge in [0.2, 0.25) is 0 Å². The van der Waals surface area contributed by atoms with Crippen molar-refractivity contribution in [2.24, 2.45) is 11.7 Å². The summed E-state index contributed by atoms with van der Waals surface area (Å²) in [4.78, 5) is 12.6. The molecule has 2 aromatic carbocycles. The van der Waals surface area contributed by atoms with E-state index in [9.17, 15) is 4.79 Å². The number of rotatable bonds is 8. The number of allylic oxidation sites excluding steroid dienone is 1. The highest BCUT2D eigenvalue weighted by molar-refractivity contribution is 5.98. The van der Waals surface area contributed by atoms with E-state index in [0.29, 0.717) is 6.54 Å². The van der Waals surface area contributed by atoms with Gasteiger partial charge in [-0.2, -0.15) is 0 Å². The van der Waals surface area contributed by atoms with Crippen molar-refractivity contribution in [2.45, 2.75) is 25.8 Å². The summed E-state index contributed by atoms with van der Waals surface area (Å²) in [5, 5.41) is 0. The zero-order chi connectivity index (χ0) is 16.5. The molecule has 2 heteroatoms. The monoisotopic (exact) mass is 305 g/mol. The van der Waals surface area contributed by atoms with E-state index >= 15 is 0 Å². The minimum Gasteiger partial charge on any atom is -0.326 e. The molecule has 0 aromatic heterocycles. The van der Waals surface area contributed by atoms with Gasteiger partial charge >= 0.3 is 0 Å². The van der Waals surface area contributed by atoms with Crippen LogP contribution in [0.4, 0.5) is 0 Å². The van der Waals surface area contributed by atoms with Gasteiger partial charge in [-0.25, -0.2) is 0 Å². The van der Waals surface area contributed by atoms with E-state index in [1.807, 2.05) is 42.5 Å². The Hall–Kier alpha value is -2.41. The number of Topliss-reactive ketones (excluding diaryl/α,β-unsaturated/α-hetero) is 1. The van der Waals surface area contributed by atoms with E-state index in [1.54, 1.807) is 6.08 Å². The number of ketones is 1. The Kier molecular flexibility index (Phi) is 6.56. The minimum atomic E-state index is -0.167. The van der Waals surface area contributed by atoms with Crippen LogP contribution in [-0.4, -0.2) is 5.78 Å². The molecule has 1 unspecified atom stereocenters. The number of carbonyl (C=O) groups is 1. The van der Waals surface area contributed by atoms with Gasteiger partial charge in [0.25, 0.3) is 0 Å². The molecular weight excluding hydrogens is 282 g/mol. The average Bonchev–Trinajstić information content (AvgIpc) is 2.61. The molecule has 118 valence electrons. The first-order chi connectivity index (χ1) is 11.2. The molecule has 0 amide bonds. The molecule has 0 heterocycles. The molecule has 2 nitrogen and oxygen atoms in total. The summed E-state index contributed by atoms with van der Waals surface area (Å²) in [6, 6.07) is 17.9. The molecule has 0 bridgehead atoms. The van der Waals surface area contributed by atoms with Gasteiger partial charge in [0.1, 0.15) is 0 Å². The standard InChI is InChI=1S/C21H23NO/c1-2-7-19(11-6-10-17-8-4-3-5-9-17)21(23)20-14-12-18(16-22)13-15-20/h3-5,7-9,12-15,19H,1,6,10-11,16,22H2. The number of carbonyl (C=O) groups excluding carboxylic acids is 1. The lowest BCUT2D eigenvalue weighted by molar-refractivity contribution is 0.0939. The van der Waals surface area contributed by atoms with Crippen LogP contribution in [0.25, 0.3) is 0 Å². The zero-order valence-electron chi connectivity index (χ0n) is 13.4. The third-order valence-corrected chi connectivity index (χ3v) is 3.95. The van der Waals surface area contributed by atoms with Gasteiger partial charge in [0, 0.05) is 18.0 Å². The Morgan fingerprint density at radius 3 is 2.39 bits per heavy atom. The lowest BCUT2D eigenvalue weighted by Crippen LogP contribution is -2.13. The Balaban J connectivity index is 1.99. The number of nitrogens with two attached hydrogens (primary N) is 1. The Bertz CT molecular complexity index is 667. The van der Waals surface area contributed by atoms with E-state index in [1.165, 1.54) is 5.56 Å². The first kappa shape index (κ1) is 17.0. The number of hydrogen-bond donors (Lipinski definition) is 1. The first-order valence-corrected chi connectivity index (χ1v) is 7.97. The van der Waals surface area contributed by atoms with Crippen molar-refractivity contribution < 1.29 is 4.79 Å². The lowest BCUT2D eigenvalue weighted by Gasteiger charge is -2.11. The first-order valence-electron chi connectivity index (χ1n) is 7.97. The highest BCUT2D eigenvalue weighted by Gasteiger charge is 2.17. The molecule has 2 rings (SSSR count). The molecule has 0 aliphatic carbocycles. The largest absolute Gasteiger partial charge is 0.326 e. The van der Waals surface area contributed by atoms with Crippen molar-refractivity contribution in [3.63, 3.8) is 0 Å². The van der Waals surface area contributed by atoms with Crippen molar-refractivity contribution in [1.29, 1.82) is 0 Å². The van der Waals surface area contributed by atoms with Gasteiger partial charge in [-0.05, 0) is 36.5 Å². The van der Waals surface area contributed by atoms with E-state index in [0.717, 1.165) is 30.4 Å². The van der Waals surface area contributed by atoms with Crippen molar-refractivity contribution in [3.8, 4) is 0 Å². The average molecular weight is 305 g/mol. The summed E-state index contributed by atoms with van der Waals surface area (Å²) in [6.07, 6.45) is 4.51. The summed E-state index contributed by atoms with van der Waals surface area (Å²) in [7, 11) is 0. The van der Waals surface area contributed by atoms with Crippen molar-refractivity contribution in [2.75, 3.05) is 0 Å². The molecule has 2 N–H and O–H groups in total. The molecule has 0 aliphatic heterocycles. The molecule has 23 heavy (non-hydrogen) atoms. The topological polar surface area (TPSA) is 43.1 Å². The number of benzene rings is 2. The van der Waals surface area contributed by atoms with Crippen LogP contribution in [0.1, 0.15) is 34.3 Å². The smallest absolute Gasteiger partial charge is 0.170 e. The van der Waals surface area contributed by atoms with Crippen LogP contribution >= 0.6 is 0 Å². The zero-order valence-corrected chi connectivity index (χ0v) is 13.4. The van der Waals surface area contributed by atoms with Crippen LogP contribution in [0.3, 0.4) is 0 Å². The fraction of sp³-hybridized carbons (Fsp3) is 0.238. The normalized spacial score (nSPS) is 11.5. The third-order valence-electron chi connectivity index (χ3n) is 3.95. The fourth-order valence-corrected chi connectivity index (χ4v) is 2.62. The number of hydrogen-bond acceptors (Lipinski definition) is 2. The van der Waals surface area contributed by atoms with Crippen molar-refractivity contribution >= 4 is 5.78 Å². The van der Waals surface area contributed by atoms with Crippen molar-refractivity contribution in [3.05, 3.63) is 89.7 Å². The molecule has 0 radical (unpaired) electrons. The molecule has 0 aliphatic rings. The maximum atomic E-state index is 12.6. The van der Waals surface area contributed by atoms with Gasteiger partial charge < -0.3 is 5.73 Å². The lowest BCUT2D eigenvalue weighted by atomic mass is 9.91. The van der Waals surface area contributed by atoms with Crippen molar-refractivity contribution in [1.82, 2.24) is 0 Å². The molecule has 0 fully saturated rings. The SMILES string of the molecule is C=C=CC(CCCc1ccccc1)C(=O)c1ccc(CN)cc1. The van der Waals surface area contributed by atoms with E-state index in [-0.39, 0.29) is 11.7 Å². The second-order valence-electron chi connectivity index (χ2n) is 5.62. The van der Waals surface area contributed by atoms with Gasteiger partial charge in [-0.15, -0.1) is 5.73 Å². The molecule has 0 saturated carbocycles. The second kappa shape index (κ2) is 8.89. The van der Waals surface area contributed by atoms with Crippen LogP contribution < -0.4 is 5.73 Å². The predicted molar refractivity (Wildman–Crippen MR) is 95.2 cm³/mol. The summed E-state index contributed by atoms with van der Waals surface area (Å²) >= 11 is 0. The van der Waals surface area contributed by atoms with Crippen LogP contribution in [0.15, 0.2) is 73.0 Å². The van der Waals surface area contributed by atoms with Gasteiger partial charge in [-0.1, -0.05) is 61.2 Å². The predicted octanol–water partition coefficient (Wildman–Crippen LogP) is 4.31. The maximum absolute atomic E-state index is 12.6. The molecule has 0 saturated heterocycles. The van der Waals surface area contributed by atoms with Crippen LogP contribution in [0.2, 0.25) is 0 Å². The number of aryl methyl sites for hydroxylation is 1. The molecular formula is C21H23NO. The van der Waals surface area contributed by atoms with Crippen LogP contribution in [0.5, 0.6) is 0 Å². The van der Waals surface area contributed by atoms with Crippen LogP contribution in [-0.2, 0) is 13.0 Å². The van der Waals surface area contributed by atoms with Gasteiger partial charge in [-0.3, -0.25) is 4.79 Å². The third kappa shape index (κ3) is 5.07. The summed E-state index contributed by atoms with van der Waals surface area (Å²) in [5.41, 5.74) is 11.4. The van der Waals surface area contributed by atoms with Crippen LogP contribution in [0, 0.1) is 5.92 Å². The van der Waals surface area contributed by atoms with E-state index in [4.69, 9.17) is 5.73 Å². The Morgan fingerprint density at radius 1 is 1.09 bits per heavy atom. The molecule has 1 atom stereocenters. The molecule has 0 spiro atoms. The van der Waals surface area contributed by atoms with E-state index < -0.39 is 0 Å². The van der Waals surface area contributed by atoms with Gasteiger partial charge in [0.15, 0.2) is 5.78 Å². The van der Waals surface area contributed by atoms with E-state index in [2.05, 4.69) is 24.4 Å². The highest BCUT2D eigenvalue weighted by atomic mass is 16.1. The summed E-state index contributed by atoms with van der Waals surface area (Å²) < 4.78 is 0. The Labute approximate surface area is 138 Å². The van der Waals surface area contributed by atoms with Gasteiger partial charge in [0.05, 0.1) is 0 Å². The summed E-state index contributed by atoms with van der Waals surface area (Å²) in [5.74, 6) is -0.0438. The quantitative estimate of drug-likeness (QED) is 0.583. The fourth-order valence-electron chi connectivity index (χ4n) is 2.62. The highest BCUT2D eigenvalue weighted by Crippen LogP contribution is 2.18. The Morgan fingerprint density at radius 2 is 1.78 bits per heavy atom. The molecule has 2 aromatic rings. The summed E-state index contributed by atoms with van der Waals surface area (Å²) in [6.45, 7) is 4.11. The maximum Gasteiger partial charge on any atom is 0.170 e. The second-order valence-corrected chi connectivity index (χ2v) is 5.62. The minimum absolute atomic E-state index is 0.123.